The van der Waals surface area contributed by atoms with Crippen LogP contribution in [0.3, 0.4) is 0 Å². The predicted octanol–water partition coefficient (Wildman–Crippen LogP) is 3.17. The third kappa shape index (κ3) is 3.19. The summed E-state index contributed by atoms with van der Waals surface area (Å²) in [7, 11) is 0. The molecule has 1 saturated carbocycles. The van der Waals surface area contributed by atoms with Crippen molar-refractivity contribution in [3.8, 4) is 0 Å². The zero-order chi connectivity index (χ0) is 12.3. The number of hydrogen-bond acceptors (Lipinski definition) is 2. The van der Waals surface area contributed by atoms with E-state index in [1.807, 2.05) is 6.07 Å². The average Bonchev–Trinajstić information content (AvgIpc) is 2.78. The van der Waals surface area contributed by atoms with E-state index in [1.165, 1.54) is 0 Å². The number of rotatable bonds is 4. The molecule has 1 aliphatic rings. The molecule has 0 spiro atoms. The van der Waals surface area contributed by atoms with Gasteiger partial charge in [0.2, 0.25) is 0 Å². The molecular formula is C13H16ClNO2. The molecular weight excluding hydrogens is 238 g/mol. The minimum atomic E-state index is -0.690. The summed E-state index contributed by atoms with van der Waals surface area (Å²) in [5.74, 6) is -0.653. The van der Waals surface area contributed by atoms with E-state index in [-0.39, 0.29) is 5.92 Å². The van der Waals surface area contributed by atoms with E-state index in [0.717, 1.165) is 31.2 Å². The highest BCUT2D eigenvalue weighted by Gasteiger charge is 2.30. The van der Waals surface area contributed by atoms with Gasteiger partial charge in [-0.05, 0) is 42.9 Å². The molecule has 0 bridgehead atoms. The molecule has 92 valence electrons. The van der Waals surface area contributed by atoms with Gasteiger partial charge >= 0.3 is 5.97 Å². The van der Waals surface area contributed by atoms with Crippen LogP contribution in [-0.4, -0.2) is 16.1 Å². The molecule has 4 heteroatoms. The van der Waals surface area contributed by atoms with Crippen molar-refractivity contribution < 1.29 is 9.90 Å². The van der Waals surface area contributed by atoms with E-state index in [9.17, 15) is 9.90 Å². The molecule has 0 radical (unpaired) electrons. The summed E-state index contributed by atoms with van der Waals surface area (Å²) in [4.78, 5) is 15.2. The van der Waals surface area contributed by atoms with E-state index >= 15 is 0 Å². The first-order chi connectivity index (χ1) is 8.16. The summed E-state index contributed by atoms with van der Waals surface area (Å²) < 4.78 is 0. The van der Waals surface area contributed by atoms with Gasteiger partial charge in [-0.3, -0.25) is 4.79 Å². The number of halogens is 1. The summed E-state index contributed by atoms with van der Waals surface area (Å²) in [6.45, 7) is 0. The van der Waals surface area contributed by atoms with E-state index in [0.29, 0.717) is 17.5 Å². The van der Waals surface area contributed by atoms with E-state index in [4.69, 9.17) is 11.6 Å². The first kappa shape index (κ1) is 12.4. The summed E-state index contributed by atoms with van der Waals surface area (Å²) in [6.07, 6.45) is 6.58. The summed E-state index contributed by atoms with van der Waals surface area (Å²) >= 11 is 5.81. The number of hydrogen-bond donors (Lipinski definition) is 1. The van der Waals surface area contributed by atoms with Crippen LogP contribution in [-0.2, 0) is 11.2 Å². The molecule has 0 aromatic carbocycles. The smallest absolute Gasteiger partial charge is 0.307 e. The Kier molecular flexibility index (Phi) is 4.00. The quantitative estimate of drug-likeness (QED) is 0.839. The maximum atomic E-state index is 11.3. The van der Waals surface area contributed by atoms with Gasteiger partial charge in [0.05, 0.1) is 5.92 Å². The minimum Gasteiger partial charge on any atom is -0.481 e. The van der Waals surface area contributed by atoms with Gasteiger partial charge in [-0.2, -0.15) is 0 Å². The molecule has 3 nitrogen and oxygen atoms in total. The van der Waals surface area contributed by atoms with Crippen LogP contribution in [0.2, 0.25) is 5.15 Å². The van der Waals surface area contributed by atoms with Crippen molar-refractivity contribution in [2.45, 2.75) is 32.1 Å². The fraction of sp³-hybridized carbons (Fsp3) is 0.538. The Bertz CT molecular complexity index is 402. The van der Waals surface area contributed by atoms with Crippen LogP contribution in [0.5, 0.6) is 0 Å². The van der Waals surface area contributed by atoms with Crippen molar-refractivity contribution in [2.75, 3.05) is 0 Å². The highest BCUT2D eigenvalue weighted by atomic mass is 35.5. The van der Waals surface area contributed by atoms with Crippen molar-refractivity contribution >= 4 is 17.6 Å². The highest BCUT2D eigenvalue weighted by molar-refractivity contribution is 6.29. The highest BCUT2D eigenvalue weighted by Crippen LogP contribution is 2.33. The van der Waals surface area contributed by atoms with Gasteiger partial charge < -0.3 is 5.11 Å². The molecule has 1 heterocycles. The van der Waals surface area contributed by atoms with Gasteiger partial charge in [-0.1, -0.05) is 24.4 Å². The molecule has 1 aromatic heterocycles. The summed E-state index contributed by atoms with van der Waals surface area (Å²) in [5, 5.41) is 9.74. The predicted molar refractivity (Wildman–Crippen MR) is 66.0 cm³/mol. The van der Waals surface area contributed by atoms with Crippen LogP contribution in [0.4, 0.5) is 0 Å². The van der Waals surface area contributed by atoms with Crippen LogP contribution < -0.4 is 0 Å². The van der Waals surface area contributed by atoms with Crippen LogP contribution in [0.1, 0.15) is 31.2 Å². The minimum absolute atomic E-state index is 0.282. The monoisotopic (exact) mass is 253 g/mol. The van der Waals surface area contributed by atoms with Crippen LogP contribution in [0.15, 0.2) is 18.3 Å². The third-order valence-corrected chi connectivity index (χ3v) is 3.74. The molecule has 1 N–H and O–H groups in total. The largest absolute Gasteiger partial charge is 0.481 e. The first-order valence-corrected chi connectivity index (χ1v) is 6.38. The second-order valence-electron chi connectivity index (χ2n) is 4.68. The van der Waals surface area contributed by atoms with Gasteiger partial charge in [0.1, 0.15) is 5.15 Å². The third-order valence-electron chi connectivity index (χ3n) is 3.53. The van der Waals surface area contributed by atoms with Crippen molar-refractivity contribution in [2.24, 2.45) is 11.8 Å². The molecule has 1 aliphatic carbocycles. The van der Waals surface area contributed by atoms with Crippen molar-refractivity contribution in [1.29, 1.82) is 0 Å². The molecule has 17 heavy (non-hydrogen) atoms. The fourth-order valence-corrected chi connectivity index (χ4v) is 2.84. The Balaban J connectivity index is 2.09. The van der Waals surface area contributed by atoms with Crippen LogP contribution in [0, 0.1) is 11.8 Å². The van der Waals surface area contributed by atoms with Gasteiger partial charge in [0, 0.05) is 6.20 Å². The van der Waals surface area contributed by atoms with Gasteiger partial charge in [-0.25, -0.2) is 4.98 Å². The van der Waals surface area contributed by atoms with Crippen LogP contribution >= 0.6 is 11.6 Å². The topological polar surface area (TPSA) is 50.2 Å². The molecule has 0 aliphatic heterocycles. The number of carboxylic acids is 1. The standard InChI is InChI=1S/C13H16ClNO2/c14-12-8-9(5-6-15-12)7-11(13(16)17)10-3-1-2-4-10/h5-6,8,10-11H,1-4,7H2,(H,16,17). The second kappa shape index (κ2) is 5.50. The van der Waals surface area contributed by atoms with Crippen molar-refractivity contribution in [3.63, 3.8) is 0 Å². The lowest BCUT2D eigenvalue weighted by Gasteiger charge is -2.19. The lowest BCUT2D eigenvalue weighted by molar-refractivity contribution is -0.143. The molecule has 0 saturated heterocycles. The van der Waals surface area contributed by atoms with Crippen LogP contribution in [0.25, 0.3) is 0 Å². The lowest BCUT2D eigenvalue weighted by atomic mass is 9.86. The van der Waals surface area contributed by atoms with E-state index in [2.05, 4.69) is 4.98 Å². The number of pyridine rings is 1. The Morgan fingerprint density at radius 3 is 2.82 bits per heavy atom. The van der Waals surface area contributed by atoms with Gasteiger partial charge in [-0.15, -0.1) is 0 Å². The van der Waals surface area contributed by atoms with E-state index in [1.54, 1.807) is 12.3 Å². The Morgan fingerprint density at radius 1 is 1.53 bits per heavy atom. The first-order valence-electron chi connectivity index (χ1n) is 6.00. The zero-order valence-electron chi connectivity index (χ0n) is 9.60. The number of aliphatic carboxylic acids is 1. The Hall–Kier alpha value is -1.09. The Morgan fingerprint density at radius 2 is 2.24 bits per heavy atom. The van der Waals surface area contributed by atoms with Crippen molar-refractivity contribution in [1.82, 2.24) is 4.98 Å². The van der Waals surface area contributed by atoms with Gasteiger partial charge in [0.15, 0.2) is 0 Å². The molecule has 1 fully saturated rings. The molecule has 1 unspecified atom stereocenters. The molecule has 0 amide bonds. The van der Waals surface area contributed by atoms with Gasteiger partial charge in [0.25, 0.3) is 0 Å². The number of carbonyl (C=O) groups is 1. The SMILES string of the molecule is O=C(O)C(Cc1ccnc(Cl)c1)C1CCCC1. The zero-order valence-corrected chi connectivity index (χ0v) is 10.4. The molecule has 2 rings (SSSR count). The maximum Gasteiger partial charge on any atom is 0.307 e. The second-order valence-corrected chi connectivity index (χ2v) is 5.07. The Labute approximate surface area is 106 Å². The maximum absolute atomic E-state index is 11.3. The number of aromatic nitrogens is 1. The number of nitrogens with zero attached hydrogens (tertiary/aromatic N) is 1. The normalized spacial score (nSPS) is 18.2. The number of carboxylic acid groups (broad SMARTS) is 1. The average molecular weight is 254 g/mol. The summed E-state index contributed by atoms with van der Waals surface area (Å²) in [5.41, 5.74) is 0.962. The lowest BCUT2D eigenvalue weighted by Crippen LogP contribution is -2.24. The van der Waals surface area contributed by atoms with Crippen molar-refractivity contribution in [3.05, 3.63) is 29.0 Å². The fourth-order valence-electron chi connectivity index (χ4n) is 2.64. The molecule has 1 aromatic rings. The van der Waals surface area contributed by atoms with E-state index < -0.39 is 5.97 Å². The summed E-state index contributed by atoms with van der Waals surface area (Å²) in [6, 6.07) is 3.60. The molecule has 1 atom stereocenters.